The normalized spacial score (nSPS) is 19.5. The van der Waals surface area contributed by atoms with Crippen molar-refractivity contribution in [2.75, 3.05) is 11.9 Å². The second-order valence-corrected chi connectivity index (χ2v) is 4.90. The van der Waals surface area contributed by atoms with Gasteiger partial charge in [-0.15, -0.1) is 12.4 Å². The molecule has 1 saturated heterocycles. The minimum atomic E-state index is -2.83. The lowest BCUT2D eigenvalue weighted by molar-refractivity contribution is -0.118. The average molecular weight is 330 g/mol. The maximum Gasteiger partial charge on any atom is 0.262 e. The zero-order valence-electron chi connectivity index (χ0n) is 11.4. The van der Waals surface area contributed by atoms with Crippen LogP contribution in [0.25, 0.3) is 11.5 Å². The van der Waals surface area contributed by atoms with Gasteiger partial charge in [0.15, 0.2) is 0 Å². The van der Waals surface area contributed by atoms with E-state index in [2.05, 4.69) is 15.6 Å². The first-order valence-electron chi connectivity index (χ1n) is 6.45. The van der Waals surface area contributed by atoms with Crippen LogP contribution in [0, 0.1) is 0 Å². The molecule has 22 heavy (non-hydrogen) atoms. The molecule has 2 heterocycles. The Hall–Kier alpha value is -1.99. The van der Waals surface area contributed by atoms with Gasteiger partial charge < -0.3 is 9.73 Å². The van der Waals surface area contributed by atoms with Gasteiger partial charge in [0, 0.05) is 17.7 Å². The Bertz CT molecular complexity index is 649. The van der Waals surface area contributed by atoms with Crippen LogP contribution in [0.15, 0.2) is 41.1 Å². The number of benzene rings is 1. The van der Waals surface area contributed by atoms with Gasteiger partial charge in [-0.05, 0) is 18.2 Å². The number of carbonyl (C=O) groups is 1. The first-order chi connectivity index (χ1) is 10.0. The molecule has 1 aliphatic rings. The van der Waals surface area contributed by atoms with Gasteiger partial charge in [0.25, 0.3) is 5.92 Å². The summed E-state index contributed by atoms with van der Waals surface area (Å²) in [5.74, 6) is -2.88. The Labute approximate surface area is 131 Å². The Morgan fingerprint density at radius 2 is 2.27 bits per heavy atom. The lowest BCUT2D eigenvalue weighted by Gasteiger charge is -2.11. The lowest BCUT2D eigenvalue weighted by Crippen LogP contribution is -2.35. The molecule has 0 aliphatic carbocycles. The van der Waals surface area contributed by atoms with E-state index < -0.39 is 30.8 Å². The molecule has 5 nitrogen and oxygen atoms in total. The Balaban J connectivity index is 0.00000176. The fraction of sp³-hybridized carbons (Fsp3) is 0.286. The van der Waals surface area contributed by atoms with E-state index in [1.165, 1.54) is 12.5 Å². The third-order valence-corrected chi connectivity index (χ3v) is 3.24. The SMILES string of the molecule is Cl.O=C(Nc1cccc(-c2ncco2)c1)C1CC(F)(F)CN1. The topological polar surface area (TPSA) is 67.2 Å². The van der Waals surface area contributed by atoms with Gasteiger partial charge >= 0.3 is 0 Å². The number of aromatic nitrogens is 1. The summed E-state index contributed by atoms with van der Waals surface area (Å²) in [6.07, 6.45) is 2.48. The number of amides is 1. The fourth-order valence-corrected chi connectivity index (χ4v) is 2.23. The van der Waals surface area contributed by atoms with Gasteiger partial charge in [-0.1, -0.05) is 6.07 Å². The van der Waals surface area contributed by atoms with Crippen molar-refractivity contribution < 1.29 is 18.0 Å². The smallest absolute Gasteiger partial charge is 0.262 e. The molecule has 0 saturated carbocycles. The standard InChI is InChI=1S/C14H13F2N3O2.ClH/c15-14(16)7-11(18-8-14)12(20)19-10-3-1-2-9(6-10)13-17-4-5-21-13;/h1-6,11,18H,7-8H2,(H,19,20);1H. The largest absolute Gasteiger partial charge is 0.445 e. The van der Waals surface area contributed by atoms with Crippen LogP contribution in [-0.4, -0.2) is 29.4 Å². The van der Waals surface area contributed by atoms with Crippen LogP contribution in [0.3, 0.4) is 0 Å². The third kappa shape index (κ3) is 3.61. The third-order valence-electron chi connectivity index (χ3n) is 3.24. The summed E-state index contributed by atoms with van der Waals surface area (Å²) in [6.45, 7) is -0.471. The van der Waals surface area contributed by atoms with E-state index in [-0.39, 0.29) is 12.4 Å². The molecule has 0 spiro atoms. The van der Waals surface area contributed by atoms with Crippen molar-refractivity contribution >= 4 is 24.0 Å². The highest BCUT2D eigenvalue weighted by Crippen LogP contribution is 2.26. The number of rotatable bonds is 3. The molecular formula is C14H14ClF2N3O2. The fourth-order valence-electron chi connectivity index (χ4n) is 2.23. The number of alkyl halides is 2. The van der Waals surface area contributed by atoms with Crippen molar-refractivity contribution in [1.82, 2.24) is 10.3 Å². The van der Waals surface area contributed by atoms with Gasteiger partial charge in [0.2, 0.25) is 11.8 Å². The van der Waals surface area contributed by atoms with Crippen LogP contribution in [0.4, 0.5) is 14.5 Å². The van der Waals surface area contributed by atoms with Crippen molar-refractivity contribution in [3.63, 3.8) is 0 Å². The summed E-state index contributed by atoms with van der Waals surface area (Å²) >= 11 is 0. The molecule has 8 heteroatoms. The highest BCUT2D eigenvalue weighted by Gasteiger charge is 2.42. The molecular weight excluding hydrogens is 316 g/mol. The molecule has 1 aromatic carbocycles. The summed E-state index contributed by atoms with van der Waals surface area (Å²) in [7, 11) is 0. The first kappa shape index (κ1) is 16.4. The number of oxazole rings is 1. The summed E-state index contributed by atoms with van der Waals surface area (Å²) in [5.41, 5.74) is 1.20. The molecule has 118 valence electrons. The minimum Gasteiger partial charge on any atom is -0.445 e. The van der Waals surface area contributed by atoms with Crippen LogP contribution < -0.4 is 10.6 Å². The summed E-state index contributed by atoms with van der Waals surface area (Å²) in [4.78, 5) is 16.0. The van der Waals surface area contributed by atoms with Crippen LogP contribution in [-0.2, 0) is 4.79 Å². The number of hydrogen-bond donors (Lipinski definition) is 2. The van der Waals surface area contributed by atoms with Crippen molar-refractivity contribution in [2.45, 2.75) is 18.4 Å². The van der Waals surface area contributed by atoms with Crippen LogP contribution in [0.1, 0.15) is 6.42 Å². The van der Waals surface area contributed by atoms with Crippen molar-refractivity contribution in [2.24, 2.45) is 0 Å². The van der Waals surface area contributed by atoms with Gasteiger partial charge in [0.05, 0.1) is 18.8 Å². The van der Waals surface area contributed by atoms with Crippen LogP contribution in [0.2, 0.25) is 0 Å². The van der Waals surface area contributed by atoms with Crippen molar-refractivity contribution in [1.29, 1.82) is 0 Å². The maximum absolute atomic E-state index is 13.1. The van der Waals surface area contributed by atoms with Gasteiger partial charge in [0.1, 0.15) is 6.26 Å². The van der Waals surface area contributed by atoms with E-state index in [0.717, 1.165) is 0 Å². The van der Waals surface area contributed by atoms with Gasteiger partial charge in [-0.25, -0.2) is 13.8 Å². The number of carbonyl (C=O) groups excluding carboxylic acids is 1. The van der Waals surface area contributed by atoms with E-state index >= 15 is 0 Å². The van der Waals surface area contributed by atoms with Crippen LogP contribution in [0.5, 0.6) is 0 Å². The molecule has 1 fully saturated rings. The van der Waals surface area contributed by atoms with E-state index in [1.807, 2.05) is 0 Å². The zero-order chi connectivity index (χ0) is 14.9. The molecule has 1 unspecified atom stereocenters. The molecule has 1 atom stereocenters. The minimum absolute atomic E-state index is 0. The van der Waals surface area contributed by atoms with E-state index in [9.17, 15) is 13.6 Å². The lowest BCUT2D eigenvalue weighted by atomic mass is 10.1. The molecule has 2 N–H and O–H groups in total. The van der Waals surface area contributed by atoms with Gasteiger partial charge in [-0.3, -0.25) is 10.1 Å². The number of halogens is 3. The predicted molar refractivity (Wildman–Crippen MR) is 79.2 cm³/mol. The van der Waals surface area contributed by atoms with Crippen molar-refractivity contribution in [3.05, 3.63) is 36.7 Å². The Kier molecular flexibility index (Phi) is 4.77. The van der Waals surface area contributed by atoms with E-state index in [0.29, 0.717) is 17.1 Å². The summed E-state index contributed by atoms with van der Waals surface area (Å²) < 4.78 is 31.3. The number of anilines is 1. The van der Waals surface area contributed by atoms with Gasteiger partial charge in [-0.2, -0.15) is 0 Å². The monoisotopic (exact) mass is 329 g/mol. The molecule has 0 radical (unpaired) electrons. The maximum atomic E-state index is 13.1. The highest BCUT2D eigenvalue weighted by molar-refractivity contribution is 5.95. The van der Waals surface area contributed by atoms with E-state index in [1.54, 1.807) is 24.3 Å². The molecule has 0 bridgehead atoms. The van der Waals surface area contributed by atoms with Crippen molar-refractivity contribution in [3.8, 4) is 11.5 Å². The zero-order valence-corrected chi connectivity index (χ0v) is 12.2. The second kappa shape index (κ2) is 6.41. The predicted octanol–water partition coefficient (Wildman–Crippen LogP) is 2.70. The molecule has 1 amide bonds. The second-order valence-electron chi connectivity index (χ2n) is 4.90. The Morgan fingerprint density at radius 3 is 2.91 bits per heavy atom. The van der Waals surface area contributed by atoms with Crippen LogP contribution >= 0.6 is 12.4 Å². The number of hydrogen-bond acceptors (Lipinski definition) is 4. The average Bonchev–Trinajstić information content (AvgIpc) is 3.08. The summed E-state index contributed by atoms with van der Waals surface area (Å²) in [5, 5.41) is 5.14. The molecule has 3 rings (SSSR count). The number of nitrogens with one attached hydrogen (secondary N) is 2. The first-order valence-corrected chi connectivity index (χ1v) is 6.45. The molecule has 2 aromatic rings. The van der Waals surface area contributed by atoms with E-state index in [4.69, 9.17) is 4.42 Å². The molecule has 1 aromatic heterocycles. The summed E-state index contributed by atoms with van der Waals surface area (Å²) in [6, 6.07) is 5.98. The quantitative estimate of drug-likeness (QED) is 0.908. The molecule has 1 aliphatic heterocycles. The highest BCUT2D eigenvalue weighted by atomic mass is 35.5. The Morgan fingerprint density at radius 1 is 1.45 bits per heavy atom. The number of nitrogens with zero attached hydrogens (tertiary/aromatic N) is 1.